The van der Waals surface area contributed by atoms with Crippen LogP contribution in [0.15, 0.2) is 30.3 Å². The molecule has 0 bridgehead atoms. The first-order valence-corrected chi connectivity index (χ1v) is 7.21. The quantitative estimate of drug-likeness (QED) is 0.404. The number of anilines is 1. The number of nitrogens with two attached hydrogens (primary N) is 1. The van der Waals surface area contributed by atoms with Gasteiger partial charge in [-0.2, -0.15) is 0 Å². The van der Waals surface area contributed by atoms with Gasteiger partial charge < -0.3 is 25.8 Å². The zero-order chi connectivity index (χ0) is 17.4. The highest BCUT2D eigenvalue weighted by atomic mass is 16.5. The number of nitrogen functional groups attached to an aromatic ring is 1. The summed E-state index contributed by atoms with van der Waals surface area (Å²) >= 11 is 0. The van der Waals surface area contributed by atoms with Crippen molar-refractivity contribution in [1.82, 2.24) is 0 Å². The van der Waals surface area contributed by atoms with Crippen LogP contribution in [0.4, 0.5) is 5.69 Å². The van der Waals surface area contributed by atoms with Crippen molar-refractivity contribution in [2.24, 2.45) is 0 Å². The van der Waals surface area contributed by atoms with E-state index in [0.29, 0.717) is 0 Å². The molecule has 1 atom stereocenters. The number of aliphatic hydroxyl groups excluding tert-OH is 2. The fraction of sp³-hybridized carbons (Fsp3) is 0.176. The third kappa shape index (κ3) is 2.40. The number of phenols is 1. The molecule has 0 spiro atoms. The molecule has 5 N–H and O–H groups in total. The first-order valence-electron chi connectivity index (χ1n) is 7.21. The number of rotatable bonds is 4. The van der Waals surface area contributed by atoms with E-state index in [0.717, 1.165) is 6.07 Å². The lowest BCUT2D eigenvalue weighted by Crippen LogP contribution is -2.24. The minimum atomic E-state index is -1.14. The van der Waals surface area contributed by atoms with Crippen molar-refractivity contribution in [3.63, 3.8) is 0 Å². The highest BCUT2D eigenvalue weighted by molar-refractivity contribution is 6.31. The first kappa shape index (κ1) is 16.0. The van der Waals surface area contributed by atoms with Crippen molar-refractivity contribution in [2.45, 2.75) is 6.10 Å². The van der Waals surface area contributed by atoms with E-state index in [1.807, 2.05) is 0 Å². The molecule has 0 radical (unpaired) electrons. The predicted octanol–water partition coefficient (Wildman–Crippen LogP) is 0.482. The average Bonchev–Trinajstić information content (AvgIpc) is 2.59. The molecular weight excluding hydrogens is 314 g/mol. The fourth-order valence-electron chi connectivity index (χ4n) is 2.63. The number of aliphatic hydroxyl groups is 2. The number of carbonyl (C=O) groups is 2. The average molecular weight is 329 g/mol. The largest absolute Gasteiger partial charge is 0.507 e. The number of ether oxygens (including phenoxy) is 1. The van der Waals surface area contributed by atoms with Crippen LogP contribution >= 0.6 is 0 Å². The summed E-state index contributed by atoms with van der Waals surface area (Å²) in [4.78, 5) is 25.3. The number of carbonyl (C=O) groups excluding carboxylic acids is 2. The minimum absolute atomic E-state index is 0.0423. The molecule has 0 aromatic heterocycles. The van der Waals surface area contributed by atoms with Crippen molar-refractivity contribution in [3.05, 3.63) is 52.6 Å². The van der Waals surface area contributed by atoms with Crippen LogP contribution < -0.4 is 10.5 Å². The Balaban J connectivity index is 2.12. The van der Waals surface area contributed by atoms with Crippen molar-refractivity contribution in [3.8, 4) is 11.5 Å². The number of phenolic OH excluding ortho intramolecular Hbond substituents is 1. The van der Waals surface area contributed by atoms with Crippen LogP contribution in [0.2, 0.25) is 0 Å². The Labute approximate surface area is 136 Å². The van der Waals surface area contributed by atoms with Gasteiger partial charge in [0.15, 0.2) is 11.6 Å². The van der Waals surface area contributed by atoms with Gasteiger partial charge in [0.05, 0.1) is 23.4 Å². The lowest BCUT2D eigenvalue weighted by Gasteiger charge is -2.22. The van der Waals surface area contributed by atoms with Crippen molar-refractivity contribution >= 4 is 17.3 Å². The summed E-state index contributed by atoms with van der Waals surface area (Å²) in [6.07, 6.45) is -1.14. The Hall–Kier alpha value is -2.90. The molecule has 0 aliphatic heterocycles. The van der Waals surface area contributed by atoms with Gasteiger partial charge in [0.2, 0.25) is 0 Å². The van der Waals surface area contributed by atoms with Gasteiger partial charge in [0.25, 0.3) is 0 Å². The molecule has 1 unspecified atom stereocenters. The highest BCUT2D eigenvalue weighted by Gasteiger charge is 2.35. The molecule has 3 rings (SSSR count). The van der Waals surface area contributed by atoms with Gasteiger partial charge in [-0.1, -0.05) is 24.3 Å². The molecule has 0 saturated carbocycles. The predicted molar refractivity (Wildman–Crippen MR) is 84.4 cm³/mol. The lowest BCUT2D eigenvalue weighted by atomic mass is 9.82. The standard InChI is InChI=1S/C17H15NO6/c18-15-12(24-7-8(20)6-19)5-11(21)13-14(15)17(23)10-4-2-1-3-9(10)16(13)22/h1-5,8,19-21H,6-7,18H2. The number of hydrogen-bond acceptors (Lipinski definition) is 7. The van der Waals surface area contributed by atoms with E-state index in [4.69, 9.17) is 15.6 Å². The van der Waals surface area contributed by atoms with Gasteiger partial charge in [-0.15, -0.1) is 0 Å². The second-order valence-electron chi connectivity index (χ2n) is 5.41. The molecule has 7 nitrogen and oxygen atoms in total. The molecule has 0 amide bonds. The molecule has 0 fully saturated rings. The van der Waals surface area contributed by atoms with E-state index in [1.54, 1.807) is 12.1 Å². The monoisotopic (exact) mass is 329 g/mol. The number of hydrogen-bond donors (Lipinski definition) is 4. The summed E-state index contributed by atoms with van der Waals surface area (Å²) in [6, 6.07) is 7.40. The molecule has 0 saturated heterocycles. The Morgan fingerprint density at radius 3 is 2.25 bits per heavy atom. The summed E-state index contributed by atoms with van der Waals surface area (Å²) in [7, 11) is 0. The summed E-state index contributed by atoms with van der Waals surface area (Å²) in [5, 5.41) is 28.3. The lowest BCUT2D eigenvalue weighted by molar-refractivity contribution is 0.0537. The summed E-state index contributed by atoms with van der Waals surface area (Å²) in [5.74, 6) is -1.45. The molecule has 1 aliphatic rings. The second kappa shape index (κ2) is 5.95. The number of fused-ring (bicyclic) bond motifs is 2. The van der Waals surface area contributed by atoms with Crippen LogP contribution in [0.3, 0.4) is 0 Å². The first-order chi connectivity index (χ1) is 11.5. The Morgan fingerprint density at radius 2 is 1.67 bits per heavy atom. The molecular formula is C17H15NO6. The maximum atomic E-state index is 12.7. The topological polar surface area (TPSA) is 130 Å². The van der Waals surface area contributed by atoms with Gasteiger partial charge in [-0.3, -0.25) is 9.59 Å². The normalized spacial score (nSPS) is 14.1. The number of ketones is 2. The maximum absolute atomic E-state index is 12.7. The van der Waals surface area contributed by atoms with Crippen LogP contribution in [0, 0.1) is 0 Å². The van der Waals surface area contributed by atoms with Crippen LogP contribution in [-0.2, 0) is 0 Å². The van der Waals surface area contributed by atoms with Gasteiger partial charge in [0.1, 0.15) is 24.2 Å². The van der Waals surface area contributed by atoms with Gasteiger partial charge in [-0.25, -0.2) is 0 Å². The Bertz CT molecular complexity index is 845. The van der Waals surface area contributed by atoms with Crippen LogP contribution in [-0.4, -0.2) is 46.2 Å². The minimum Gasteiger partial charge on any atom is -0.507 e. The molecule has 0 heterocycles. The zero-order valence-electron chi connectivity index (χ0n) is 12.5. The third-order valence-electron chi connectivity index (χ3n) is 3.82. The molecule has 1 aliphatic carbocycles. The van der Waals surface area contributed by atoms with Gasteiger partial charge >= 0.3 is 0 Å². The molecule has 24 heavy (non-hydrogen) atoms. The van der Waals surface area contributed by atoms with E-state index in [1.165, 1.54) is 12.1 Å². The maximum Gasteiger partial charge on any atom is 0.198 e. The van der Waals surface area contributed by atoms with Crippen LogP contribution in [0.5, 0.6) is 11.5 Å². The Morgan fingerprint density at radius 1 is 1.08 bits per heavy atom. The number of benzene rings is 2. The van der Waals surface area contributed by atoms with E-state index in [2.05, 4.69) is 0 Å². The van der Waals surface area contributed by atoms with Gasteiger partial charge in [0, 0.05) is 17.2 Å². The second-order valence-corrected chi connectivity index (χ2v) is 5.41. The Kier molecular flexibility index (Phi) is 3.96. The van der Waals surface area contributed by atoms with Crippen LogP contribution in [0.25, 0.3) is 0 Å². The van der Waals surface area contributed by atoms with Crippen LogP contribution in [0.1, 0.15) is 31.8 Å². The van der Waals surface area contributed by atoms with Gasteiger partial charge in [-0.05, 0) is 0 Å². The molecule has 2 aromatic carbocycles. The molecule has 2 aromatic rings. The van der Waals surface area contributed by atoms with E-state index in [-0.39, 0.29) is 40.3 Å². The van der Waals surface area contributed by atoms with Crippen molar-refractivity contribution in [2.75, 3.05) is 18.9 Å². The zero-order valence-corrected chi connectivity index (χ0v) is 12.5. The highest BCUT2D eigenvalue weighted by Crippen LogP contribution is 2.41. The van der Waals surface area contributed by atoms with Crippen molar-refractivity contribution in [1.29, 1.82) is 0 Å². The summed E-state index contributed by atoms with van der Waals surface area (Å²) in [6.45, 7) is -0.792. The number of aromatic hydroxyl groups is 1. The third-order valence-corrected chi connectivity index (χ3v) is 3.82. The smallest absolute Gasteiger partial charge is 0.198 e. The molecule has 7 heteroatoms. The summed E-state index contributed by atoms with van der Waals surface area (Å²) in [5.41, 5.74) is 5.99. The summed E-state index contributed by atoms with van der Waals surface area (Å²) < 4.78 is 5.25. The van der Waals surface area contributed by atoms with Crippen molar-refractivity contribution < 1.29 is 29.6 Å². The fourth-order valence-corrected chi connectivity index (χ4v) is 2.63. The van der Waals surface area contributed by atoms with E-state index < -0.39 is 30.0 Å². The molecule has 124 valence electrons. The van der Waals surface area contributed by atoms with E-state index >= 15 is 0 Å². The SMILES string of the molecule is Nc1c(OCC(O)CO)cc(O)c2c1C(=O)c1ccccc1C2=O. The van der Waals surface area contributed by atoms with E-state index in [9.17, 15) is 19.8 Å².